The number of carbonyl (C=O) groups is 1. The molecule has 28 heavy (non-hydrogen) atoms. The Bertz CT molecular complexity index is 715. The molecule has 1 aliphatic heterocycles. The summed E-state index contributed by atoms with van der Waals surface area (Å²) in [7, 11) is 1.11. The molecule has 2 rings (SSSR count). The van der Waals surface area contributed by atoms with Gasteiger partial charge in [-0.05, 0) is 80.4 Å². The highest BCUT2D eigenvalue weighted by Gasteiger charge is 2.52. The minimum absolute atomic E-state index is 0.215. The summed E-state index contributed by atoms with van der Waals surface area (Å²) in [5.74, 6) is 0.491. The second-order valence-corrected chi connectivity index (χ2v) is 10.2. The molecule has 0 N–H and O–H groups in total. The molecule has 1 aliphatic rings. The number of benzene rings is 1. The number of carbonyl (C=O) groups excluding carboxylic acids is 1. The van der Waals surface area contributed by atoms with Crippen LogP contribution in [0.1, 0.15) is 67.9 Å². The van der Waals surface area contributed by atoms with Crippen LogP contribution < -0.4 is 10.2 Å². The summed E-state index contributed by atoms with van der Waals surface area (Å²) >= 11 is 0. The Morgan fingerprint density at radius 2 is 1.57 bits per heavy atom. The van der Waals surface area contributed by atoms with Crippen molar-refractivity contribution in [3.8, 4) is 5.75 Å². The van der Waals surface area contributed by atoms with E-state index in [-0.39, 0.29) is 5.97 Å². The van der Waals surface area contributed by atoms with Crippen LogP contribution in [0.25, 0.3) is 0 Å². The van der Waals surface area contributed by atoms with E-state index in [4.69, 9.17) is 18.8 Å². The van der Waals surface area contributed by atoms with E-state index in [1.54, 1.807) is 7.11 Å². The maximum Gasteiger partial charge on any atom is 0.498 e. The first-order valence-electron chi connectivity index (χ1n) is 9.84. The Morgan fingerprint density at radius 3 is 2.04 bits per heavy atom. The smallest absolute Gasteiger partial charge is 0.497 e. The molecule has 0 aromatic heterocycles. The van der Waals surface area contributed by atoms with E-state index < -0.39 is 29.3 Å². The highest BCUT2D eigenvalue weighted by atomic mass is 16.7. The monoisotopic (exact) mass is 390 g/mol. The van der Waals surface area contributed by atoms with E-state index in [0.717, 1.165) is 11.0 Å². The molecule has 5 nitrogen and oxygen atoms in total. The minimum atomic E-state index is -0.658. The zero-order chi connectivity index (χ0) is 21.5. The van der Waals surface area contributed by atoms with E-state index in [2.05, 4.69) is 0 Å². The summed E-state index contributed by atoms with van der Waals surface area (Å²) in [5, 5.41) is 0. The molecule has 0 radical (unpaired) electrons. The van der Waals surface area contributed by atoms with Crippen LogP contribution in [0.3, 0.4) is 0 Å². The SMILES string of the molecule is COc1ccc(CC(C)(C)C(=O)OC(C)(C)C)cc1B1OC(C)(C)C(C)(C)O1. The van der Waals surface area contributed by atoms with E-state index in [0.29, 0.717) is 12.2 Å². The lowest BCUT2D eigenvalue weighted by Crippen LogP contribution is -2.41. The molecule has 0 bridgehead atoms. The lowest BCUT2D eigenvalue weighted by molar-refractivity contribution is -0.165. The number of hydrogen-bond donors (Lipinski definition) is 0. The third kappa shape index (κ3) is 4.90. The maximum atomic E-state index is 12.6. The Labute approximate surface area is 170 Å². The molecule has 1 saturated heterocycles. The van der Waals surface area contributed by atoms with Crippen molar-refractivity contribution in [3.63, 3.8) is 0 Å². The Hall–Kier alpha value is -1.53. The zero-order valence-corrected chi connectivity index (χ0v) is 19.1. The molecule has 0 aliphatic carbocycles. The molecule has 1 heterocycles. The van der Waals surface area contributed by atoms with Gasteiger partial charge < -0.3 is 18.8 Å². The van der Waals surface area contributed by atoms with Crippen LogP contribution in [0, 0.1) is 5.41 Å². The van der Waals surface area contributed by atoms with Gasteiger partial charge in [-0.15, -0.1) is 0 Å². The molecule has 1 aromatic carbocycles. The number of hydrogen-bond acceptors (Lipinski definition) is 5. The molecular weight excluding hydrogens is 355 g/mol. The fourth-order valence-corrected chi connectivity index (χ4v) is 3.05. The molecule has 1 aromatic rings. The second-order valence-electron chi connectivity index (χ2n) is 10.2. The van der Waals surface area contributed by atoms with Crippen molar-refractivity contribution in [2.45, 2.75) is 85.5 Å². The number of ether oxygens (including phenoxy) is 2. The molecule has 1 fully saturated rings. The summed E-state index contributed by atoms with van der Waals surface area (Å²) in [6.07, 6.45) is 0.540. The van der Waals surface area contributed by atoms with Crippen LogP contribution in [0.2, 0.25) is 0 Å². The molecular formula is C22H35BO5. The van der Waals surface area contributed by atoms with Crippen molar-refractivity contribution >= 4 is 18.6 Å². The van der Waals surface area contributed by atoms with Crippen molar-refractivity contribution < 1.29 is 23.6 Å². The van der Waals surface area contributed by atoms with Gasteiger partial charge in [0.25, 0.3) is 0 Å². The quantitative estimate of drug-likeness (QED) is 0.564. The molecule has 0 spiro atoms. The summed E-state index contributed by atoms with van der Waals surface area (Å²) < 4.78 is 23.5. The average Bonchev–Trinajstić information content (AvgIpc) is 2.73. The van der Waals surface area contributed by atoms with Gasteiger partial charge in [-0.1, -0.05) is 12.1 Å². The van der Waals surface area contributed by atoms with Crippen molar-refractivity contribution in [3.05, 3.63) is 23.8 Å². The second kappa shape index (κ2) is 7.38. The fraction of sp³-hybridized carbons (Fsp3) is 0.682. The molecule has 0 amide bonds. The van der Waals surface area contributed by atoms with Gasteiger partial charge >= 0.3 is 13.1 Å². The fourth-order valence-electron chi connectivity index (χ4n) is 3.05. The van der Waals surface area contributed by atoms with Gasteiger partial charge in [0.05, 0.1) is 23.7 Å². The van der Waals surface area contributed by atoms with E-state index >= 15 is 0 Å². The first-order valence-corrected chi connectivity index (χ1v) is 9.84. The number of esters is 1. The van der Waals surface area contributed by atoms with Crippen LogP contribution in [-0.4, -0.2) is 37.0 Å². The minimum Gasteiger partial charge on any atom is -0.497 e. The van der Waals surface area contributed by atoms with Crippen LogP contribution in [0.4, 0.5) is 0 Å². The predicted octanol–water partition coefficient (Wildman–Crippen LogP) is 3.90. The molecule has 0 atom stereocenters. The van der Waals surface area contributed by atoms with Gasteiger partial charge in [-0.25, -0.2) is 0 Å². The molecule has 0 saturated carbocycles. The van der Waals surface area contributed by atoms with Crippen molar-refractivity contribution in [1.82, 2.24) is 0 Å². The van der Waals surface area contributed by atoms with Gasteiger partial charge in [0.1, 0.15) is 11.4 Å². The maximum absolute atomic E-state index is 12.6. The Balaban J connectivity index is 2.29. The van der Waals surface area contributed by atoms with Gasteiger partial charge in [0.15, 0.2) is 0 Å². The number of rotatable bonds is 5. The summed E-state index contributed by atoms with van der Waals surface area (Å²) in [4.78, 5) is 12.6. The summed E-state index contributed by atoms with van der Waals surface area (Å²) in [6.45, 7) is 17.5. The standard InChI is InChI=1S/C22H35BO5/c1-19(2,3)26-18(24)20(4,5)14-15-11-12-17(25-10)16(13-15)23-27-21(6,7)22(8,9)28-23/h11-13H,14H2,1-10H3. The van der Waals surface area contributed by atoms with Gasteiger partial charge in [0.2, 0.25) is 0 Å². The van der Waals surface area contributed by atoms with Crippen molar-refractivity contribution in [2.75, 3.05) is 7.11 Å². The first kappa shape index (κ1) is 22.8. The summed E-state index contributed by atoms with van der Waals surface area (Å²) in [6, 6.07) is 5.88. The van der Waals surface area contributed by atoms with Crippen LogP contribution >= 0.6 is 0 Å². The normalized spacial score (nSPS) is 18.9. The van der Waals surface area contributed by atoms with Crippen LogP contribution in [0.5, 0.6) is 5.75 Å². The predicted molar refractivity (Wildman–Crippen MR) is 112 cm³/mol. The molecule has 6 heteroatoms. The Morgan fingerprint density at radius 1 is 1.04 bits per heavy atom. The number of methoxy groups -OCH3 is 1. The van der Waals surface area contributed by atoms with E-state index in [1.807, 2.05) is 80.5 Å². The van der Waals surface area contributed by atoms with Gasteiger partial charge in [-0.2, -0.15) is 0 Å². The average molecular weight is 390 g/mol. The van der Waals surface area contributed by atoms with E-state index in [9.17, 15) is 4.79 Å². The highest BCUT2D eigenvalue weighted by molar-refractivity contribution is 6.63. The highest BCUT2D eigenvalue weighted by Crippen LogP contribution is 2.37. The zero-order valence-electron chi connectivity index (χ0n) is 19.1. The lowest BCUT2D eigenvalue weighted by atomic mass is 9.76. The van der Waals surface area contributed by atoms with E-state index in [1.165, 1.54) is 0 Å². The molecule has 0 unspecified atom stereocenters. The van der Waals surface area contributed by atoms with Crippen molar-refractivity contribution in [1.29, 1.82) is 0 Å². The first-order chi connectivity index (χ1) is 12.6. The largest absolute Gasteiger partial charge is 0.498 e. The van der Waals surface area contributed by atoms with Crippen molar-refractivity contribution in [2.24, 2.45) is 5.41 Å². The third-order valence-corrected chi connectivity index (χ3v) is 5.40. The topological polar surface area (TPSA) is 54.0 Å². The summed E-state index contributed by atoms with van der Waals surface area (Å²) in [5.41, 5.74) is -0.208. The Kier molecular flexibility index (Phi) is 6.00. The third-order valence-electron chi connectivity index (χ3n) is 5.40. The molecule has 156 valence electrons. The van der Waals surface area contributed by atoms with Gasteiger partial charge in [0, 0.05) is 5.46 Å². The van der Waals surface area contributed by atoms with Gasteiger partial charge in [-0.3, -0.25) is 4.79 Å². The van der Waals surface area contributed by atoms with Crippen LogP contribution in [0.15, 0.2) is 18.2 Å². The lowest BCUT2D eigenvalue weighted by Gasteiger charge is -2.32. The van der Waals surface area contributed by atoms with Crippen LogP contribution in [-0.2, 0) is 25.3 Å².